The minimum atomic E-state index is -4.60. The van der Waals surface area contributed by atoms with Crippen molar-refractivity contribution < 1.29 is 83.9 Å². The number of ether oxygens (including phenoxy) is 1. The van der Waals surface area contributed by atoms with Gasteiger partial charge in [-0.1, -0.05) is 60.7 Å². The number of benzene rings is 6. The second-order valence-corrected chi connectivity index (χ2v) is 13.1. The van der Waals surface area contributed by atoms with Crippen LogP contribution in [0.4, 0.5) is 39.5 Å². The Hall–Kier alpha value is -7.63. The van der Waals surface area contributed by atoms with Crippen LogP contribution in [-0.2, 0) is 23.3 Å². The number of rotatable bonds is 7. The maximum atomic E-state index is 13.1. The highest BCUT2D eigenvalue weighted by atomic mass is 19.4. The molecule has 18 heteroatoms. The Morgan fingerprint density at radius 1 is 0.429 bits per heavy atom. The quantitative estimate of drug-likeness (QED) is 0.0530. The van der Waals surface area contributed by atoms with Gasteiger partial charge in [-0.3, -0.25) is 9.59 Å². The molecule has 6 aromatic rings. The average Bonchev–Trinajstić information content (AvgIpc) is 3.20. The fourth-order valence-corrected chi connectivity index (χ4v) is 5.88. The molecule has 0 saturated heterocycles. The monoisotopic (exact) mass is 886 g/mol. The van der Waals surface area contributed by atoms with Gasteiger partial charge in [0.2, 0.25) is 0 Å². The van der Waals surface area contributed by atoms with E-state index < -0.39 is 58.9 Å². The van der Waals surface area contributed by atoms with E-state index in [1.807, 2.05) is 0 Å². The fraction of sp³-hybridized carbons (Fsp3) is 0.111. The predicted octanol–water partition coefficient (Wildman–Crippen LogP) is 12.1. The van der Waals surface area contributed by atoms with Crippen molar-refractivity contribution >= 4 is 23.7 Å². The van der Waals surface area contributed by atoms with Crippen LogP contribution in [0.3, 0.4) is 0 Å². The van der Waals surface area contributed by atoms with E-state index in [0.29, 0.717) is 0 Å². The van der Waals surface area contributed by atoms with Crippen LogP contribution < -0.4 is 4.74 Å². The molecule has 0 bridgehead atoms. The number of aromatic hydroxyl groups is 2. The smallest absolute Gasteiger partial charge is 0.417 e. The molecule has 0 unspecified atom stereocenters. The molecule has 328 valence electrons. The third kappa shape index (κ3) is 12.2. The number of ketones is 1. The second kappa shape index (κ2) is 19.4. The number of carbonyl (C=O) groups is 4. The third-order valence-electron chi connectivity index (χ3n) is 8.70. The lowest BCUT2D eigenvalue weighted by atomic mass is 9.97. The van der Waals surface area contributed by atoms with Crippen molar-refractivity contribution in [3.05, 3.63) is 161 Å². The Balaban J connectivity index is 0.000000208. The van der Waals surface area contributed by atoms with Gasteiger partial charge < -0.3 is 25.2 Å². The molecule has 0 spiro atoms. The number of esters is 1. The summed E-state index contributed by atoms with van der Waals surface area (Å²) in [7, 11) is 0. The molecule has 0 radical (unpaired) electrons. The maximum Gasteiger partial charge on any atom is 0.417 e. The number of carboxylic acids is 2. The summed E-state index contributed by atoms with van der Waals surface area (Å²) in [6, 6.07) is 25.0. The van der Waals surface area contributed by atoms with Gasteiger partial charge >= 0.3 is 36.4 Å². The molecule has 0 saturated carbocycles. The number of phenols is 2. The van der Waals surface area contributed by atoms with Crippen LogP contribution in [0.25, 0.3) is 33.4 Å². The van der Waals surface area contributed by atoms with Gasteiger partial charge in [0.1, 0.15) is 17.2 Å². The standard InChI is InChI=1S/C16H11F3O4.C15H11F3O2.C14H9F3O3/c1-9(20)23-14-8-10(15(21)22)6-7-12(14)11-4-2-3-5-13(11)16(17,18)19;1-9(19)10-6-7-12(14(20)8-10)11-4-2-3-5-13(11)15(16,17)18;15-14(16,17)11-4-2-1-3-9(11)10-6-5-8(13(19)20)7-12(10)18/h2-8H,1H3,(H,21,22);2-8,20H,1H3;1-7,18H,(H,19,20). The number of Topliss-reactive ketones (excluding diaryl/α,β-unsaturated/α-hetero) is 1. The normalized spacial score (nSPS) is 11.3. The van der Waals surface area contributed by atoms with Gasteiger partial charge in [-0.2, -0.15) is 39.5 Å². The Bertz CT molecular complexity index is 2550. The molecule has 0 fully saturated rings. The molecule has 0 aliphatic carbocycles. The lowest BCUT2D eigenvalue weighted by molar-refractivity contribution is -0.137. The van der Waals surface area contributed by atoms with Gasteiger partial charge in [0.25, 0.3) is 0 Å². The van der Waals surface area contributed by atoms with Gasteiger partial charge in [0.05, 0.1) is 27.8 Å². The molecule has 0 aliphatic rings. The summed E-state index contributed by atoms with van der Waals surface area (Å²) in [5.41, 5.74) is -3.33. The molecule has 0 aliphatic heterocycles. The zero-order chi connectivity index (χ0) is 47.0. The topological polar surface area (TPSA) is 158 Å². The van der Waals surface area contributed by atoms with Crippen LogP contribution in [0.2, 0.25) is 0 Å². The summed E-state index contributed by atoms with van der Waals surface area (Å²) >= 11 is 0. The van der Waals surface area contributed by atoms with E-state index in [0.717, 1.165) is 55.5 Å². The number of alkyl halides is 9. The van der Waals surface area contributed by atoms with Crippen LogP contribution in [0.5, 0.6) is 17.2 Å². The lowest BCUT2D eigenvalue weighted by Crippen LogP contribution is -2.09. The van der Waals surface area contributed by atoms with Crippen molar-refractivity contribution in [1.82, 2.24) is 0 Å². The molecule has 9 nitrogen and oxygen atoms in total. The number of carbonyl (C=O) groups excluding carboxylic acids is 2. The Kier molecular flexibility index (Phi) is 14.8. The number of aromatic carboxylic acids is 2. The SMILES string of the molecule is CC(=O)Oc1cc(C(=O)O)ccc1-c1ccccc1C(F)(F)F.CC(=O)c1ccc(-c2ccccc2C(F)(F)F)c(O)c1.O=C(O)c1ccc(-c2ccccc2C(F)(F)F)c(O)c1. The number of phenolic OH excluding ortho intramolecular Hbond substituents is 2. The Morgan fingerprint density at radius 2 is 0.746 bits per heavy atom. The summed E-state index contributed by atoms with van der Waals surface area (Å²) in [5, 5.41) is 37.3. The van der Waals surface area contributed by atoms with E-state index in [4.69, 9.17) is 14.9 Å². The lowest BCUT2D eigenvalue weighted by Gasteiger charge is -2.15. The molecular weight excluding hydrogens is 855 g/mol. The zero-order valence-corrected chi connectivity index (χ0v) is 32.4. The number of halogens is 9. The highest BCUT2D eigenvalue weighted by molar-refractivity contribution is 5.95. The zero-order valence-electron chi connectivity index (χ0n) is 32.4. The van der Waals surface area contributed by atoms with Crippen molar-refractivity contribution in [3.63, 3.8) is 0 Å². The molecule has 6 rings (SSSR count). The Morgan fingerprint density at radius 3 is 1.08 bits per heavy atom. The first-order valence-electron chi connectivity index (χ1n) is 17.8. The van der Waals surface area contributed by atoms with Gasteiger partial charge in [-0.25, -0.2) is 9.59 Å². The van der Waals surface area contributed by atoms with E-state index in [1.165, 1.54) is 85.8 Å². The van der Waals surface area contributed by atoms with Crippen LogP contribution in [0, 0.1) is 0 Å². The average molecular weight is 887 g/mol. The van der Waals surface area contributed by atoms with E-state index >= 15 is 0 Å². The van der Waals surface area contributed by atoms with Gasteiger partial charge in [0.15, 0.2) is 5.78 Å². The minimum absolute atomic E-state index is 0.0156. The first kappa shape index (κ1) is 48.0. The van der Waals surface area contributed by atoms with Crippen LogP contribution >= 0.6 is 0 Å². The fourth-order valence-electron chi connectivity index (χ4n) is 5.88. The summed E-state index contributed by atoms with van der Waals surface area (Å²) in [5.74, 6) is -4.69. The minimum Gasteiger partial charge on any atom is -0.507 e. The second-order valence-electron chi connectivity index (χ2n) is 13.1. The maximum absolute atomic E-state index is 13.1. The number of hydrogen-bond donors (Lipinski definition) is 4. The Labute approximate surface area is 350 Å². The van der Waals surface area contributed by atoms with Crippen LogP contribution in [0.15, 0.2) is 127 Å². The summed E-state index contributed by atoms with van der Waals surface area (Å²) < 4.78 is 122. The molecule has 63 heavy (non-hydrogen) atoms. The first-order valence-corrected chi connectivity index (χ1v) is 17.8. The van der Waals surface area contributed by atoms with Crippen molar-refractivity contribution in [2.45, 2.75) is 32.4 Å². The molecule has 0 aromatic heterocycles. The van der Waals surface area contributed by atoms with E-state index in [-0.39, 0.29) is 67.4 Å². The number of hydrogen-bond acceptors (Lipinski definition) is 7. The molecule has 0 heterocycles. The van der Waals surface area contributed by atoms with Crippen molar-refractivity contribution in [2.75, 3.05) is 0 Å². The predicted molar refractivity (Wildman–Crippen MR) is 209 cm³/mol. The molecule has 4 N–H and O–H groups in total. The van der Waals surface area contributed by atoms with E-state index in [1.54, 1.807) is 0 Å². The highest BCUT2D eigenvalue weighted by Crippen LogP contribution is 2.43. The molecule has 0 amide bonds. The van der Waals surface area contributed by atoms with Crippen molar-refractivity contribution in [2.24, 2.45) is 0 Å². The van der Waals surface area contributed by atoms with Gasteiger partial charge in [-0.05, 0) is 90.3 Å². The third-order valence-corrected chi connectivity index (χ3v) is 8.70. The summed E-state index contributed by atoms with van der Waals surface area (Å²) in [6.45, 7) is 2.39. The van der Waals surface area contributed by atoms with E-state index in [9.17, 15) is 68.9 Å². The molecular formula is C45H31F9O9. The summed E-state index contributed by atoms with van der Waals surface area (Å²) in [6.07, 6.45) is -13.7. The number of carboxylic acid groups (broad SMARTS) is 2. The van der Waals surface area contributed by atoms with Crippen molar-refractivity contribution in [3.8, 4) is 50.6 Å². The van der Waals surface area contributed by atoms with Crippen LogP contribution in [-0.4, -0.2) is 44.1 Å². The highest BCUT2D eigenvalue weighted by Gasteiger charge is 2.36. The van der Waals surface area contributed by atoms with Gasteiger partial charge in [0, 0.05) is 29.2 Å². The summed E-state index contributed by atoms with van der Waals surface area (Å²) in [4.78, 5) is 44.1. The van der Waals surface area contributed by atoms with Crippen LogP contribution in [0.1, 0.15) is 61.6 Å². The first-order chi connectivity index (χ1) is 29.3. The van der Waals surface area contributed by atoms with Gasteiger partial charge in [-0.15, -0.1) is 0 Å². The molecule has 6 aromatic carbocycles. The van der Waals surface area contributed by atoms with E-state index in [2.05, 4.69) is 0 Å². The van der Waals surface area contributed by atoms with Crippen molar-refractivity contribution in [1.29, 1.82) is 0 Å². The molecule has 0 atom stereocenters. The largest absolute Gasteiger partial charge is 0.507 e.